The smallest absolute Gasteiger partial charge is 0.316 e. The largest absolute Gasteiger partial charge is 0.497 e. The highest BCUT2D eigenvalue weighted by molar-refractivity contribution is 6.02. The highest BCUT2D eigenvalue weighted by atomic mass is 16.5. The molecule has 34 heavy (non-hydrogen) atoms. The summed E-state index contributed by atoms with van der Waals surface area (Å²) >= 11 is 0. The van der Waals surface area contributed by atoms with Crippen LogP contribution in [0.3, 0.4) is 0 Å². The van der Waals surface area contributed by atoms with Crippen molar-refractivity contribution in [2.24, 2.45) is 5.73 Å². The Morgan fingerprint density at radius 3 is 2.56 bits per heavy atom. The zero-order chi connectivity index (χ0) is 24.1. The summed E-state index contributed by atoms with van der Waals surface area (Å²) in [5, 5.41) is 15.9. The number of hydrogen-bond donors (Lipinski definition) is 4. The molecule has 0 aromatic heterocycles. The first kappa shape index (κ1) is 23.7. The minimum absolute atomic E-state index is 0.127. The third kappa shape index (κ3) is 5.70. The summed E-state index contributed by atoms with van der Waals surface area (Å²) in [5.74, 6) is 1.28. The lowest BCUT2D eigenvalue weighted by molar-refractivity contribution is -0.116. The molecule has 1 saturated heterocycles. The first-order chi connectivity index (χ1) is 16.4. The van der Waals surface area contributed by atoms with E-state index in [4.69, 9.17) is 15.2 Å². The van der Waals surface area contributed by atoms with Gasteiger partial charge >= 0.3 is 6.03 Å². The third-order valence-corrected chi connectivity index (χ3v) is 6.10. The number of amides is 3. The SMILES string of the molecule is COc1ccc(N2CCN(CC(O)COc3ccc(NC(N)=O)c4c3CCC(=O)N4)CC2)cc1. The van der Waals surface area contributed by atoms with Gasteiger partial charge in [0.05, 0.1) is 18.5 Å². The lowest BCUT2D eigenvalue weighted by Gasteiger charge is -2.37. The number of piperazine rings is 1. The Hall–Kier alpha value is -3.50. The number of ether oxygens (including phenoxy) is 2. The first-order valence-electron chi connectivity index (χ1n) is 11.4. The van der Waals surface area contributed by atoms with E-state index in [-0.39, 0.29) is 12.5 Å². The Labute approximate surface area is 198 Å². The maximum atomic E-state index is 11.9. The number of urea groups is 1. The normalized spacial score (nSPS) is 16.9. The number of anilines is 3. The molecule has 1 unspecified atom stereocenters. The fourth-order valence-electron chi connectivity index (χ4n) is 4.35. The number of carbonyl (C=O) groups is 2. The van der Waals surface area contributed by atoms with Crippen molar-refractivity contribution in [3.8, 4) is 11.5 Å². The van der Waals surface area contributed by atoms with E-state index >= 15 is 0 Å². The van der Waals surface area contributed by atoms with Crippen LogP contribution in [0.15, 0.2) is 36.4 Å². The van der Waals surface area contributed by atoms with Gasteiger partial charge in [0.2, 0.25) is 5.91 Å². The van der Waals surface area contributed by atoms with Crippen molar-refractivity contribution in [1.29, 1.82) is 0 Å². The number of benzene rings is 2. The van der Waals surface area contributed by atoms with Crippen LogP contribution in [-0.2, 0) is 11.2 Å². The van der Waals surface area contributed by atoms with Crippen LogP contribution in [0, 0.1) is 0 Å². The molecule has 2 heterocycles. The van der Waals surface area contributed by atoms with E-state index in [0.29, 0.717) is 36.5 Å². The van der Waals surface area contributed by atoms with E-state index in [9.17, 15) is 14.7 Å². The van der Waals surface area contributed by atoms with Gasteiger partial charge in [-0.3, -0.25) is 9.69 Å². The number of methoxy groups -OCH3 is 1. The summed E-state index contributed by atoms with van der Waals surface area (Å²) in [6, 6.07) is 10.7. The zero-order valence-corrected chi connectivity index (χ0v) is 19.3. The first-order valence-corrected chi connectivity index (χ1v) is 11.4. The van der Waals surface area contributed by atoms with Gasteiger partial charge in [-0.15, -0.1) is 0 Å². The summed E-state index contributed by atoms with van der Waals surface area (Å²) in [5.41, 5.74) is 8.10. The average Bonchev–Trinajstić information content (AvgIpc) is 2.84. The van der Waals surface area contributed by atoms with E-state index in [0.717, 1.165) is 43.2 Å². The van der Waals surface area contributed by atoms with Crippen molar-refractivity contribution >= 4 is 29.0 Å². The van der Waals surface area contributed by atoms with Crippen LogP contribution in [0.5, 0.6) is 11.5 Å². The minimum Gasteiger partial charge on any atom is -0.497 e. The standard InChI is InChI=1S/C24H31N5O5/c1-33-18-4-2-16(3-5-18)29-12-10-28(11-13-29)14-17(30)15-34-21-8-7-20(26-24(25)32)23-19(21)6-9-22(31)27-23/h2-5,7-8,17,30H,6,9-15H2,1H3,(H,27,31)(H3,25,26,32). The fraction of sp³-hybridized carbons (Fsp3) is 0.417. The molecule has 1 fully saturated rings. The third-order valence-electron chi connectivity index (χ3n) is 6.10. The zero-order valence-electron chi connectivity index (χ0n) is 19.3. The number of rotatable bonds is 8. The summed E-state index contributed by atoms with van der Waals surface area (Å²) in [7, 11) is 1.66. The van der Waals surface area contributed by atoms with Crippen LogP contribution < -0.4 is 30.7 Å². The summed E-state index contributed by atoms with van der Waals surface area (Å²) in [4.78, 5) is 27.7. The van der Waals surface area contributed by atoms with Gasteiger partial charge < -0.3 is 35.8 Å². The van der Waals surface area contributed by atoms with Gasteiger partial charge in [0, 0.05) is 50.4 Å². The molecule has 2 aromatic carbocycles. The lowest BCUT2D eigenvalue weighted by atomic mass is 10.0. The Morgan fingerprint density at radius 2 is 1.88 bits per heavy atom. The average molecular weight is 470 g/mol. The molecule has 182 valence electrons. The maximum absolute atomic E-state index is 11.9. The molecule has 0 aliphatic carbocycles. The van der Waals surface area contributed by atoms with Gasteiger partial charge in [0.1, 0.15) is 24.2 Å². The van der Waals surface area contributed by atoms with E-state index in [1.54, 1.807) is 19.2 Å². The molecule has 2 aliphatic rings. The number of carbonyl (C=O) groups excluding carboxylic acids is 2. The van der Waals surface area contributed by atoms with E-state index in [1.165, 1.54) is 0 Å². The van der Waals surface area contributed by atoms with Crippen LogP contribution in [0.4, 0.5) is 21.9 Å². The van der Waals surface area contributed by atoms with Crippen molar-refractivity contribution in [3.63, 3.8) is 0 Å². The molecule has 3 amide bonds. The molecule has 0 saturated carbocycles. The molecule has 5 N–H and O–H groups in total. The molecular formula is C24H31N5O5. The summed E-state index contributed by atoms with van der Waals surface area (Å²) < 4.78 is 11.1. The maximum Gasteiger partial charge on any atom is 0.316 e. The summed E-state index contributed by atoms with van der Waals surface area (Å²) in [6.07, 6.45) is 0.142. The van der Waals surface area contributed by atoms with Crippen LogP contribution >= 0.6 is 0 Å². The van der Waals surface area contributed by atoms with Crippen LogP contribution in [0.1, 0.15) is 12.0 Å². The van der Waals surface area contributed by atoms with Crippen molar-refractivity contribution in [1.82, 2.24) is 4.90 Å². The fourth-order valence-corrected chi connectivity index (χ4v) is 4.35. The Kier molecular flexibility index (Phi) is 7.39. The second-order valence-corrected chi connectivity index (χ2v) is 8.45. The molecule has 0 bridgehead atoms. The molecule has 0 radical (unpaired) electrons. The number of fused-ring (bicyclic) bond motifs is 1. The molecule has 2 aliphatic heterocycles. The highest BCUT2D eigenvalue weighted by Gasteiger charge is 2.24. The number of primary amides is 1. The topological polar surface area (TPSA) is 129 Å². The number of nitrogens with one attached hydrogen (secondary N) is 2. The van der Waals surface area contributed by atoms with Gasteiger partial charge in [0.25, 0.3) is 0 Å². The molecule has 0 spiro atoms. The molecule has 10 heteroatoms. The van der Waals surface area contributed by atoms with Crippen molar-refractivity contribution in [2.45, 2.75) is 18.9 Å². The second kappa shape index (κ2) is 10.6. The Balaban J connectivity index is 1.29. The van der Waals surface area contributed by atoms with Gasteiger partial charge in [0.15, 0.2) is 0 Å². The molecule has 4 rings (SSSR count). The predicted molar refractivity (Wildman–Crippen MR) is 130 cm³/mol. The number of β-amino-alcohol motifs (C(OH)–C–C–N with tert-alkyl or cyclic N) is 1. The van der Waals surface area contributed by atoms with E-state index < -0.39 is 12.1 Å². The summed E-state index contributed by atoms with van der Waals surface area (Å²) in [6.45, 7) is 4.08. The van der Waals surface area contributed by atoms with Gasteiger partial charge in [-0.1, -0.05) is 0 Å². The predicted octanol–water partition coefficient (Wildman–Crippen LogP) is 1.63. The van der Waals surface area contributed by atoms with Gasteiger partial charge in [-0.25, -0.2) is 4.79 Å². The quantitative estimate of drug-likeness (QED) is 0.462. The highest BCUT2D eigenvalue weighted by Crippen LogP contribution is 2.37. The lowest BCUT2D eigenvalue weighted by Crippen LogP contribution is -2.49. The molecule has 10 nitrogen and oxygen atoms in total. The second-order valence-electron chi connectivity index (χ2n) is 8.45. The van der Waals surface area contributed by atoms with Crippen molar-refractivity contribution in [2.75, 3.05) is 62.0 Å². The van der Waals surface area contributed by atoms with Gasteiger partial charge in [-0.05, 0) is 42.8 Å². The minimum atomic E-state index is -0.710. The van der Waals surface area contributed by atoms with Crippen LogP contribution in [-0.4, -0.2) is 74.5 Å². The number of nitrogens with two attached hydrogens (primary N) is 1. The molecular weight excluding hydrogens is 438 g/mol. The van der Waals surface area contributed by atoms with E-state index in [1.807, 2.05) is 12.1 Å². The Morgan fingerprint density at radius 1 is 1.15 bits per heavy atom. The number of nitrogens with zero attached hydrogens (tertiary/aromatic N) is 2. The number of aliphatic hydroxyl groups is 1. The van der Waals surface area contributed by atoms with Crippen LogP contribution in [0.2, 0.25) is 0 Å². The molecule has 1 atom stereocenters. The Bertz CT molecular complexity index is 1020. The van der Waals surface area contributed by atoms with Crippen LogP contribution in [0.25, 0.3) is 0 Å². The van der Waals surface area contributed by atoms with Crippen molar-refractivity contribution in [3.05, 3.63) is 42.0 Å². The molecule has 2 aromatic rings. The number of hydrogen-bond acceptors (Lipinski definition) is 7. The van der Waals surface area contributed by atoms with Crippen molar-refractivity contribution < 1.29 is 24.2 Å². The van der Waals surface area contributed by atoms with Gasteiger partial charge in [-0.2, -0.15) is 0 Å². The monoisotopic (exact) mass is 469 g/mol. The number of aliphatic hydroxyl groups excluding tert-OH is 1. The van der Waals surface area contributed by atoms with E-state index in [2.05, 4.69) is 32.6 Å².